The van der Waals surface area contributed by atoms with Crippen LogP contribution in [0.3, 0.4) is 0 Å². The number of hydrogen-bond acceptors (Lipinski definition) is 4. The maximum absolute atomic E-state index is 13.0. The molecule has 0 bridgehead atoms. The number of likely N-dealkylation sites (N-methyl/N-ethyl adjacent to an activating group) is 1. The number of rotatable bonds is 9. The minimum Gasteiger partial charge on any atom is -0.383 e. The number of benzene rings is 1. The maximum atomic E-state index is 13.0. The van der Waals surface area contributed by atoms with Gasteiger partial charge in [0.2, 0.25) is 15.9 Å². The number of nitrogens with zero attached hydrogens (tertiary/aromatic N) is 2. The Morgan fingerprint density at radius 3 is 2.33 bits per heavy atom. The SMILES string of the molecule is COCCN(CC(C)C)C(=O)CN(C)S(=O)(=O)c1ccc(F)cc1. The predicted molar refractivity (Wildman–Crippen MR) is 89.5 cm³/mol. The third-order valence-corrected chi connectivity index (χ3v) is 5.20. The van der Waals surface area contributed by atoms with Crippen LogP contribution in [-0.2, 0) is 19.6 Å². The summed E-state index contributed by atoms with van der Waals surface area (Å²) in [6.07, 6.45) is 0. The fourth-order valence-electron chi connectivity index (χ4n) is 2.12. The standard InChI is InChI=1S/C16H25FN2O4S/c1-13(2)11-19(9-10-23-4)16(20)12-18(3)24(21,22)15-7-5-14(17)6-8-15/h5-8,13H,9-12H2,1-4H3. The number of ether oxygens (including phenoxy) is 1. The highest BCUT2D eigenvalue weighted by Crippen LogP contribution is 2.15. The van der Waals surface area contributed by atoms with Gasteiger partial charge in [-0.3, -0.25) is 4.79 Å². The van der Waals surface area contributed by atoms with E-state index in [1.54, 1.807) is 12.0 Å². The average Bonchev–Trinajstić information content (AvgIpc) is 2.51. The Bertz CT molecular complexity index is 632. The minimum atomic E-state index is -3.85. The Balaban J connectivity index is 2.84. The van der Waals surface area contributed by atoms with Gasteiger partial charge < -0.3 is 9.64 Å². The lowest BCUT2D eigenvalue weighted by Crippen LogP contribution is -2.43. The van der Waals surface area contributed by atoms with Gasteiger partial charge in [-0.1, -0.05) is 13.8 Å². The van der Waals surface area contributed by atoms with Crippen molar-refractivity contribution < 1.29 is 22.3 Å². The molecule has 0 radical (unpaired) electrons. The Hall–Kier alpha value is -1.51. The molecule has 1 aromatic carbocycles. The molecular weight excluding hydrogens is 335 g/mol. The average molecular weight is 360 g/mol. The Morgan fingerprint density at radius 1 is 1.25 bits per heavy atom. The van der Waals surface area contributed by atoms with Crippen molar-refractivity contribution in [3.05, 3.63) is 30.1 Å². The molecule has 0 atom stereocenters. The van der Waals surface area contributed by atoms with E-state index >= 15 is 0 Å². The molecule has 0 aliphatic carbocycles. The molecule has 0 fully saturated rings. The molecule has 0 aliphatic heterocycles. The number of carbonyl (C=O) groups is 1. The highest BCUT2D eigenvalue weighted by molar-refractivity contribution is 7.89. The van der Waals surface area contributed by atoms with E-state index in [1.807, 2.05) is 13.8 Å². The third kappa shape index (κ3) is 5.85. The summed E-state index contributed by atoms with van der Waals surface area (Å²) in [7, 11) is -0.967. The zero-order valence-electron chi connectivity index (χ0n) is 14.5. The summed E-state index contributed by atoms with van der Waals surface area (Å²) in [6.45, 7) is 4.98. The topological polar surface area (TPSA) is 66.9 Å². The summed E-state index contributed by atoms with van der Waals surface area (Å²) < 4.78 is 43.8. The lowest BCUT2D eigenvalue weighted by molar-refractivity contribution is -0.132. The smallest absolute Gasteiger partial charge is 0.243 e. The number of sulfonamides is 1. The second-order valence-corrected chi connectivity index (χ2v) is 7.99. The zero-order chi connectivity index (χ0) is 18.3. The van der Waals surface area contributed by atoms with Crippen LogP contribution in [0.25, 0.3) is 0 Å². The van der Waals surface area contributed by atoms with E-state index in [-0.39, 0.29) is 23.3 Å². The first kappa shape index (κ1) is 20.5. The van der Waals surface area contributed by atoms with Crippen LogP contribution in [0.4, 0.5) is 4.39 Å². The van der Waals surface area contributed by atoms with Crippen molar-refractivity contribution in [2.24, 2.45) is 5.92 Å². The molecule has 0 N–H and O–H groups in total. The quantitative estimate of drug-likeness (QED) is 0.671. The van der Waals surface area contributed by atoms with Crippen molar-refractivity contribution in [1.29, 1.82) is 0 Å². The molecule has 0 heterocycles. The molecule has 8 heteroatoms. The summed E-state index contributed by atoms with van der Waals surface area (Å²) in [5, 5.41) is 0. The van der Waals surface area contributed by atoms with Gasteiger partial charge in [0.25, 0.3) is 0 Å². The Morgan fingerprint density at radius 2 is 1.83 bits per heavy atom. The molecule has 0 aliphatic rings. The normalized spacial score (nSPS) is 12.0. The van der Waals surface area contributed by atoms with Crippen molar-refractivity contribution in [2.75, 3.05) is 40.4 Å². The van der Waals surface area contributed by atoms with Gasteiger partial charge in [0, 0.05) is 27.2 Å². The van der Waals surface area contributed by atoms with Crippen molar-refractivity contribution in [3.63, 3.8) is 0 Å². The summed E-state index contributed by atoms with van der Waals surface area (Å²) in [5.74, 6) is -0.561. The molecule has 1 aromatic rings. The highest BCUT2D eigenvalue weighted by Gasteiger charge is 2.25. The van der Waals surface area contributed by atoms with Crippen molar-refractivity contribution in [2.45, 2.75) is 18.7 Å². The van der Waals surface area contributed by atoms with Crippen LogP contribution in [0.2, 0.25) is 0 Å². The van der Waals surface area contributed by atoms with Crippen LogP contribution in [0.5, 0.6) is 0 Å². The lowest BCUT2D eigenvalue weighted by atomic mass is 10.2. The van der Waals surface area contributed by atoms with Crippen LogP contribution in [0.15, 0.2) is 29.2 Å². The molecule has 24 heavy (non-hydrogen) atoms. The first-order valence-corrected chi connectivity index (χ1v) is 9.11. The molecular formula is C16H25FN2O4S. The van der Waals surface area contributed by atoms with E-state index in [0.717, 1.165) is 16.4 Å². The van der Waals surface area contributed by atoms with Gasteiger partial charge in [0.15, 0.2) is 0 Å². The molecule has 0 saturated heterocycles. The molecule has 0 unspecified atom stereocenters. The van der Waals surface area contributed by atoms with Crippen LogP contribution < -0.4 is 0 Å². The summed E-state index contributed by atoms with van der Waals surface area (Å²) in [4.78, 5) is 14.0. The Kier molecular flexibility index (Phi) is 7.78. The van der Waals surface area contributed by atoms with Crippen LogP contribution in [0.1, 0.15) is 13.8 Å². The van der Waals surface area contributed by atoms with E-state index in [0.29, 0.717) is 19.7 Å². The maximum Gasteiger partial charge on any atom is 0.243 e. The van der Waals surface area contributed by atoms with Crippen LogP contribution in [-0.4, -0.2) is 63.9 Å². The molecule has 6 nitrogen and oxygen atoms in total. The van der Waals surface area contributed by atoms with Gasteiger partial charge in [0.1, 0.15) is 5.82 Å². The fraction of sp³-hybridized carbons (Fsp3) is 0.562. The number of carbonyl (C=O) groups excluding carboxylic acids is 1. The molecule has 0 saturated carbocycles. The van der Waals surface area contributed by atoms with Crippen molar-refractivity contribution >= 4 is 15.9 Å². The van der Waals surface area contributed by atoms with Crippen LogP contribution >= 0.6 is 0 Å². The van der Waals surface area contributed by atoms with Gasteiger partial charge in [-0.05, 0) is 30.2 Å². The number of amides is 1. The first-order valence-electron chi connectivity index (χ1n) is 7.67. The van der Waals surface area contributed by atoms with E-state index < -0.39 is 15.8 Å². The second-order valence-electron chi connectivity index (χ2n) is 5.94. The molecule has 1 rings (SSSR count). The lowest BCUT2D eigenvalue weighted by Gasteiger charge is -2.26. The van der Waals surface area contributed by atoms with Gasteiger partial charge >= 0.3 is 0 Å². The highest BCUT2D eigenvalue weighted by atomic mass is 32.2. The second kappa shape index (κ2) is 9.10. The van der Waals surface area contributed by atoms with Gasteiger partial charge in [-0.2, -0.15) is 4.31 Å². The number of halogens is 1. The number of methoxy groups -OCH3 is 1. The molecule has 0 aromatic heterocycles. The third-order valence-electron chi connectivity index (χ3n) is 3.38. The summed E-state index contributed by atoms with van der Waals surface area (Å²) in [5.41, 5.74) is 0. The Labute approximate surface area is 143 Å². The first-order chi connectivity index (χ1) is 11.2. The van der Waals surface area contributed by atoms with Crippen LogP contribution in [0, 0.1) is 11.7 Å². The molecule has 136 valence electrons. The van der Waals surface area contributed by atoms with E-state index in [9.17, 15) is 17.6 Å². The molecule has 0 spiro atoms. The summed E-state index contributed by atoms with van der Waals surface area (Å²) in [6, 6.07) is 4.52. The summed E-state index contributed by atoms with van der Waals surface area (Å²) >= 11 is 0. The fourth-order valence-corrected chi connectivity index (χ4v) is 3.24. The van der Waals surface area contributed by atoms with Gasteiger partial charge in [0.05, 0.1) is 18.0 Å². The van der Waals surface area contributed by atoms with E-state index in [1.165, 1.54) is 19.2 Å². The monoisotopic (exact) mass is 360 g/mol. The van der Waals surface area contributed by atoms with E-state index in [4.69, 9.17) is 4.74 Å². The van der Waals surface area contributed by atoms with E-state index in [2.05, 4.69) is 0 Å². The predicted octanol–water partition coefficient (Wildman–Crippen LogP) is 1.58. The largest absolute Gasteiger partial charge is 0.383 e. The zero-order valence-corrected chi connectivity index (χ0v) is 15.3. The van der Waals surface area contributed by atoms with Gasteiger partial charge in [-0.15, -0.1) is 0 Å². The number of hydrogen-bond donors (Lipinski definition) is 0. The minimum absolute atomic E-state index is 0.0495. The molecule has 1 amide bonds. The van der Waals surface area contributed by atoms with Gasteiger partial charge in [-0.25, -0.2) is 12.8 Å². The van der Waals surface area contributed by atoms with Crippen molar-refractivity contribution in [1.82, 2.24) is 9.21 Å². The van der Waals surface area contributed by atoms with Crippen molar-refractivity contribution in [3.8, 4) is 0 Å².